The summed E-state index contributed by atoms with van der Waals surface area (Å²) in [5.74, 6) is -0.298. The molecule has 0 aliphatic heterocycles. The Bertz CT molecular complexity index is 419. The van der Waals surface area contributed by atoms with Crippen molar-refractivity contribution in [2.45, 2.75) is 52.1 Å². The zero-order valence-electron chi connectivity index (χ0n) is 12.6. The molecule has 0 bridgehead atoms. The van der Waals surface area contributed by atoms with E-state index in [1.54, 1.807) is 17.0 Å². The molecule has 112 valence electrons. The van der Waals surface area contributed by atoms with Crippen molar-refractivity contribution in [3.63, 3.8) is 0 Å². The number of hydrogen-bond acceptors (Lipinski definition) is 2. The van der Waals surface area contributed by atoms with Crippen molar-refractivity contribution in [1.29, 1.82) is 0 Å². The zero-order valence-corrected chi connectivity index (χ0v) is 12.6. The van der Waals surface area contributed by atoms with Crippen LogP contribution in [0.3, 0.4) is 0 Å². The minimum atomic E-state index is -0.446. The molecule has 0 radical (unpaired) electrons. The van der Waals surface area contributed by atoms with Crippen molar-refractivity contribution in [2.24, 2.45) is 5.73 Å². The monoisotopic (exact) mass is 280 g/mol. The molecular weight excluding hydrogens is 255 g/mol. The number of unbranched alkanes of at least 4 members (excludes halogenated alkanes) is 1. The summed E-state index contributed by atoms with van der Waals surface area (Å²) >= 11 is 0. The Kier molecular flexibility index (Phi) is 6.65. The number of carbonyl (C=O) groups is 1. The molecule has 3 nitrogen and oxygen atoms in total. The minimum Gasteiger partial charge on any atom is -0.335 e. The van der Waals surface area contributed by atoms with Crippen LogP contribution in [0.25, 0.3) is 0 Å². The lowest BCUT2D eigenvalue weighted by molar-refractivity contribution is -0.134. The average molecular weight is 280 g/mol. The van der Waals surface area contributed by atoms with Crippen LogP contribution >= 0.6 is 0 Å². The van der Waals surface area contributed by atoms with E-state index in [4.69, 9.17) is 5.73 Å². The molecule has 1 rings (SSSR count). The SMILES string of the molecule is CCCCC(N)C(=O)N(CC)C(C)c1ccc(F)cc1. The Balaban J connectivity index is 2.78. The molecule has 1 amide bonds. The second kappa shape index (κ2) is 8.00. The highest BCUT2D eigenvalue weighted by atomic mass is 19.1. The van der Waals surface area contributed by atoms with Gasteiger partial charge in [0.05, 0.1) is 12.1 Å². The number of halogens is 1. The number of carbonyl (C=O) groups excluding carboxylic acids is 1. The molecule has 2 unspecified atom stereocenters. The van der Waals surface area contributed by atoms with Crippen molar-refractivity contribution in [3.8, 4) is 0 Å². The highest BCUT2D eigenvalue weighted by Gasteiger charge is 2.24. The van der Waals surface area contributed by atoms with Crippen LogP contribution in [0.5, 0.6) is 0 Å². The number of rotatable bonds is 7. The zero-order chi connectivity index (χ0) is 15.1. The lowest BCUT2D eigenvalue weighted by Gasteiger charge is -2.30. The number of benzene rings is 1. The lowest BCUT2D eigenvalue weighted by Crippen LogP contribution is -2.44. The van der Waals surface area contributed by atoms with Crippen molar-refractivity contribution in [1.82, 2.24) is 4.90 Å². The Morgan fingerprint density at radius 3 is 2.40 bits per heavy atom. The van der Waals surface area contributed by atoms with Crippen LogP contribution in [0.15, 0.2) is 24.3 Å². The summed E-state index contributed by atoms with van der Waals surface area (Å²) in [7, 11) is 0. The quantitative estimate of drug-likeness (QED) is 0.833. The van der Waals surface area contributed by atoms with Crippen LogP contribution in [0.1, 0.15) is 51.6 Å². The van der Waals surface area contributed by atoms with Crippen molar-refractivity contribution >= 4 is 5.91 Å². The van der Waals surface area contributed by atoms with Gasteiger partial charge in [0.15, 0.2) is 0 Å². The first-order chi connectivity index (χ1) is 9.51. The Labute approximate surface area is 121 Å². The predicted octanol–water partition coefficient (Wildman–Crippen LogP) is 3.25. The van der Waals surface area contributed by atoms with Gasteiger partial charge in [0.25, 0.3) is 0 Å². The first kappa shape index (κ1) is 16.6. The van der Waals surface area contributed by atoms with Crippen LogP contribution in [-0.4, -0.2) is 23.4 Å². The van der Waals surface area contributed by atoms with Gasteiger partial charge in [-0.25, -0.2) is 4.39 Å². The van der Waals surface area contributed by atoms with E-state index in [1.807, 2.05) is 13.8 Å². The second-order valence-electron chi connectivity index (χ2n) is 5.10. The van der Waals surface area contributed by atoms with Crippen LogP contribution in [0.2, 0.25) is 0 Å². The topological polar surface area (TPSA) is 46.3 Å². The van der Waals surface area contributed by atoms with Crippen molar-refractivity contribution in [2.75, 3.05) is 6.54 Å². The molecular formula is C16H25FN2O. The third-order valence-corrected chi connectivity index (χ3v) is 3.63. The van der Waals surface area contributed by atoms with Crippen LogP contribution in [-0.2, 0) is 4.79 Å². The van der Waals surface area contributed by atoms with Crippen LogP contribution in [0, 0.1) is 5.82 Å². The summed E-state index contributed by atoms with van der Waals surface area (Å²) in [5, 5.41) is 0. The van der Waals surface area contributed by atoms with Gasteiger partial charge in [0.1, 0.15) is 5.82 Å². The maximum Gasteiger partial charge on any atom is 0.239 e. The van der Waals surface area contributed by atoms with Gasteiger partial charge in [-0.05, 0) is 38.0 Å². The predicted molar refractivity (Wildman–Crippen MR) is 79.7 cm³/mol. The Morgan fingerprint density at radius 2 is 1.90 bits per heavy atom. The molecule has 1 aromatic rings. The van der Waals surface area contributed by atoms with Crippen LogP contribution < -0.4 is 5.73 Å². The minimum absolute atomic E-state index is 0.0298. The van der Waals surface area contributed by atoms with E-state index >= 15 is 0 Å². The molecule has 0 saturated carbocycles. The van der Waals surface area contributed by atoms with E-state index in [2.05, 4.69) is 6.92 Å². The molecule has 0 spiro atoms. The van der Waals surface area contributed by atoms with E-state index < -0.39 is 6.04 Å². The van der Waals surface area contributed by atoms with E-state index in [0.717, 1.165) is 18.4 Å². The average Bonchev–Trinajstić information content (AvgIpc) is 2.45. The summed E-state index contributed by atoms with van der Waals surface area (Å²) in [4.78, 5) is 14.1. The second-order valence-corrected chi connectivity index (χ2v) is 5.10. The Hall–Kier alpha value is -1.42. The maximum atomic E-state index is 13.0. The third kappa shape index (κ3) is 4.30. The van der Waals surface area contributed by atoms with Crippen LogP contribution in [0.4, 0.5) is 4.39 Å². The van der Waals surface area contributed by atoms with Gasteiger partial charge in [0.2, 0.25) is 5.91 Å². The number of hydrogen-bond donors (Lipinski definition) is 1. The van der Waals surface area contributed by atoms with Gasteiger partial charge in [-0.15, -0.1) is 0 Å². The number of likely N-dealkylation sites (N-methyl/N-ethyl adjacent to an activating group) is 1. The molecule has 2 atom stereocenters. The summed E-state index contributed by atoms with van der Waals surface area (Å²) in [6.45, 7) is 6.55. The van der Waals surface area contributed by atoms with Crippen molar-refractivity contribution < 1.29 is 9.18 Å². The van der Waals surface area contributed by atoms with Gasteiger partial charge in [-0.2, -0.15) is 0 Å². The molecule has 0 aliphatic rings. The fraction of sp³-hybridized carbons (Fsp3) is 0.562. The van der Waals surface area contributed by atoms with E-state index in [1.165, 1.54) is 12.1 Å². The fourth-order valence-corrected chi connectivity index (χ4v) is 2.30. The smallest absolute Gasteiger partial charge is 0.239 e. The molecule has 1 aromatic carbocycles. The lowest BCUT2D eigenvalue weighted by atomic mass is 10.0. The summed E-state index contributed by atoms with van der Waals surface area (Å²) in [6.07, 6.45) is 2.69. The van der Waals surface area contributed by atoms with E-state index in [9.17, 15) is 9.18 Å². The molecule has 0 aromatic heterocycles. The van der Waals surface area contributed by atoms with E-state index in [-0.39, 0.29) is 17.8 Å². The number of nitrogens with two attached hydrogens (primary N) is 1. The molecule has 20 heavy (non-hydrogen) atoms. The molecule has 0 aliphatic carbocycles. The summed E-state index contributed by atoms with van der Waals surface area (Å²) < 4.78 is 13.0. The molecule has 4 heteroatoms. The van der Waals surface area contributed by atoms with Crippen molar-refractivity contribution in [3.05, 3.63) is 35.6 Å². The maximum absolute atomic E-state index is 13.0. The van der Waals surface area contributed by atoms with Gasteiger partial charge >= 0.3 is 0 Å². The fourth-order valence-electron chi connectivity index (χ4n) is 2.30. The first-order valence-electron chi connectivity index (χ1n) is 7.32. The largest absolute Gasteiger partial charge is 0.335 e. The van der Waals surface area contributed by atoms with Gasteiger partial charge in [-0.3, -0.25) is 4.79 Å². The summed E-state index contributed by atoms with van der Waals surface area (Å²) in [5.41, 5.74) is 6.89. The standard InChI is InChI=1S/C16H25FN2O/c1-4-6-7-15(18)16(20)19(5-2)12(3)13-8-10-14(17)11-9-13/h8-12,15H,4-7,18H2,1-3H3. The number of amides is 1. The van der Waals surface area contributed by atoms with E-state index in [0.29, 0.717) is 13.0 Å². The van der Waals surface area contributed by atoms with Gasteiger partial charge in [0, 0.05) is 6.54 Å². The Morgan fingerprint density at radius 1 is 1.30 bits per heavy atom. The molecule has 0 fully saturated rings. The van der Waals surface area contributed by atoms with Gasteiger partial charge in [-0.1, -0.05) is 31.9 Å². The molecule has 0 saturated heterocycles. The number of nitrogens with zero attached hydrogens (tertiary/aromatic N) is 1. The summed E-state index contributed by atoms with van der Waals surface area (Å²) in [6, 6.07) is 5.72. The normalized spacial score (nSPS) is 13.8. The highest BCUT2D eigenvalue weighted by Crippen LogP contribution is 2.21. The molecule has 2 N–H and O–H groups in total. The highest BCUT2D eigenvalue weighted by molar-refractivity contribution is 5.82. The third-order valence-electron chi connectivity index (χ3n) is 3.63. The first-order valence-corrected chi connectivity index (χ1v) is 7.32. The van der Waals surface area contributed by atoms with Gasteiger partial charge < -0.3 is 10.6 Å². The molecule has 0 heterocycles.